The Hall–Kier alpha value is -1.46. The first kappa shape index (κ1) is 17.0. The van der Waals surface area contributed by atoms with E-state index in [-0.39, 0.29) is 17.4 Å². The minimum Gasteiger partial charge on any atom is -0.342 e. The zero-order valence-electron chi connectivity index (χ0n) is 14.9. The van der Waals surface area contributed by atoms with Gasteiger partial charge < -0.3 is 10.6 Å². The number of nitrogens with two attached hydrogens (primary N) is 1. The first-order valence-electron chi connectivity index (χ1n) is 9.48. The highest BCUT2D eigenvalue weighted by Gasteiger charge is 2.40. The fraction of sp³-hybridized carbons (Fsp3) is 0.600. The van der Waals surface area contributed by atoms with Crippen molar-refractivity contribution >= 4 is 27.5 Å². The van der Waals surface area contributed by atoms with Crippen molar-refractivity contribution < 1.29 is 4.79 Å². The molecule has 2 fully saturated rings. The summed E-state index contributed by atoms with van der Waals surface area (Å²) in [4.78, 5) is 19.9. The molecule has 4 nitrogen and oxygen atoms in total. The van der Waals surface area contributed by atoms with Crippen molar-refractivity contribution in [3.63, 3.8) is 0 Å². The van der Waals surface area contributed by atoms with Gasteiger partial charge in [0.1, 0.15) is 0 Å². The molecule has 2 unspecified atom stereocenters. The minimum atomic E-state index is -0.334. The number of benzene rings is 1. The largest absolute Gasteiger partial charge is 0.342 e. The third-order valence-corrected chi connectivity index (χ3v) is 7.22. The second-order valence-electron chi connectivity index (χ2n) is 7.92. The Labute approximate surface area is 153 Å². The zero-order chi connectivity index (χ0) is 17.4. The molecule has 2 aromatic rings. The van der Waals surface area contributed by atoms with E-state index in [9.17, 15) is 4.79 Å². The van der Waals surface area contributed by atoms with Crippen LogP contribution in [-0.2, 0) is 4.79 Å². The van der Waals surface area contributed by atoms with Gasteiger partial charge in [-0.15, -0.1) is 11.3 Å². The average Bonchev–Trinajstić information content (AvgIpc) is 3.05. The number of rotatable bonds is 2. The number of fused-ring (bicyclic) bond motifs is 1. The number of para-hydroxylation sites is 1. The van der Waals surface area contributed by atoms with Crippen molar-refractivity contribution in [2.24, 2.45) is 11.7 Å². The maximum atomic E-state index is 13.0. The van der Waals surface area contributed by atoms with Crippen molar-refractivity contribution in [1.29, 1.82) is 0 Å². The highest BCUT2D eigenvalue weighted by molar-refractivity contribution is 7.18. The molecule has 1 amide bonds. The zero-order valence-corrected chi connectivity index (χ0v) is 15.7. The summed E-state index contributed by atoms with van der Waals surface area (Å²) in [5.41, 5.74) is 7.20. The van der Waals surface area contributed by atoms with Gasteiger partial charge in [0, 0.05) is 24.5 Å². The first-order valence-corrected chi connectivity index (χ1v) is 10.3. The first-order chi connectivity index (χ1) is 12.0. The van der Waals surface area contributed by atoms with Crippen LogP contribution in [0.5, 0.6) is 0 Å². The molecule has 1 aliphatic heterocycles. The van der Waals surface area contributed by atoms with Crippen molar-refractivity contribution in [1.82, 2.24) is 9.88 Å². The van der Waals surface area contributed by atoms with E-state index in [0.717, 1.165) is 57.1 Å². The summed E-state index contributed by atoms with van der Waals surface area (Å²) < 4.78 is 1.26. The van der Waals surface area contributed by atoms with E-state index < -0.39 is 0 Å². The Morgan fingerprint density at radius 1 is 1.24 bits per heavy atom. The number of likely N-dealkylation sites (tertiary alicyclic amines) is 1. The van der Waals surface area contributed by atoms with Gasteiger partial charge >= 0.3 is 0 Å². The molecule has 4 rings (SSSR count). The molecule has 2 N–H and O–H groups in total. The number of piperidine rings is 1. The second-order valence-corrected chi connectivity index (χ2v) is 8.99. The number of carbonyl (C=O) groups excluding carboxylic acids is 1. The van der Waals surface area contributed by atoms with Crippen LogP contribution in [-0.4, -0.2) is 34.4 Å². The lowest BCUT2D eigenvalue weighted by Gasteiger charge is -2.41. The van der Waals surface area contributed by atoms with E-state index in [0.29, 0.717) is 5.92 Å². The Bertz CT molecular complexity index is 728. The van der Waals surface area contributed by atoms with Crippen LogP contribution >= 0.6 is 11.3 Å². The summed E-state index contributed by atoms with van der Waals surface area (Å²) >= 11 is 1.81. The molecule has 5 heteroatoms. The quantitative estimate of drug-likeness (QED) is 0.886. The molecule has 1 saturated heterocycles. The SMILES string of the molecule is CC1(N)CCCCC1C(=O)N1CCC(c2nc3ccccc3s2)CC1. The van der Waals surface area contributed by atoms with Gasteiger partial charge in [0.2, 0.25) is 5.91 Å². The molecule has 1 saturated carbocycles. The number of thiazole rings is 1. The molecule has 1 aromatic heterocycles. The Balaban J connectivity index is 1.41. The molecule has 25 heavy (non-hydrogen) atoms. The van der Waals surface area contributed by atoms with Crippen molar-refractivity contribution in [2.45, 2.75) is 56.9 Å². The maximum Gasteiger partial charge on any atom is 0.227 e. The monoisotopic (exact) mass is 357 g/mol. The molecular formula is C20H27N3OS. The van der Waals surface area contributed by atoms with Crippen LogP contribution in [0.3, 0.4) is 0 Å². The second kappa shape index (κ2) is 6.69. The molecule has 0 spiro atoms. The standard InChI is InChI=1S/C20H27N3OS/c1-20(21)11-5-4-6-15(20)19(24)23-12-9-14(10-13-23)18-22-16-7-2-3-8-17(16)25-18/h2-3,7-8,14-15H,4-6,9-13,21H2,1H3. The van der Waals surface area contributed by atoms with Gasteiger partial charge in [-0.1, -0.05) is 25.0 Å². The van der Waals surface area contributed by atoms with E-state index in [4.69, 9.17) is 10.7 Å². The van der Waals surface area contributed by atoms with E-state index in [1.165, 1.54) is 9.71 Å². The average molecular weight is 358 g/mol. The van der Waals surface area contributed by atoms with Crippen molar-refractivity contribution in [3.8, 4) is 0 Å². The highest BCUT2D eigenvalue weighted by atomic mass is 32.1. The molecule has 1 aliphatic carbocycles. The third kappa shape index (κ3) is 3.32. The van der Waals surface area contributed by atoms with E-state index >= 15 is 0 Å². The lowest BCUT2D eigenvalue weighted by molar-refractivity contribution is -0.140. The molecular weight excluding hydrogens is 330 g/mol. The molecule has 0 radical (unpaired) electrons. The van der Waals surface area contributed by atoms with E-state index in [1.807, 2.05) is 6.07 Å². The summed E-state index contributed by atoms with van der Waals surface area (Å²) in [6, 6.07) is 8.33. The number of hydrogen-bond donors (Lipinski definition) is 1. The van der Waals surface area contributed by atoms with Gasteiger partial charge in [0.15, 0.2) is 0 Å². The van der Waals surface area contributed by atoms with Crippen LogP contribution in [0.1, 0.15) is 56.4 Å². The Kier molecular flexibility index (Phi) is 4.54. The van der Waals surface area contributed by atoms with Gasteiger partial charge in [-0.2, -0.15) is 0 Å². The molecule has 2 aliphatic rings. The molecule has 2 heterocycles. The maximum absolute atomic E-state index is 13.0. The number of aromatic nitrogens is 1. The number of hydrogen-bond acceptors (Lipinski definition) is 4. The number of nitrogens with zero attached hydrogens (tertiary/aromatic N) is 2. The Morgan fingerprint density at radius 2 is 2.00 bits per heavy atom. The van der Waals surface area contributed by atoms with Crippen LogP contribution in [0.15, 0.2) is 24.3 Å². The van der Waals surface area contributed by atoms with Crippen LogP contribution < -0.4 is 5.73 Å². The summed E-state index contributed by atoms with van der Waals surface area (Å²) in [5.74, 6) is 0.768. The summed E-state index contributed by atoms with van der Waals surface area (Å²) in [6.07, 6.45) is 6.22. The van der Waals surface area contributed by atoms with Crippen LogP contribution in [0, 0.1) is 5.92 Å². The summed E-state index contributed by atoms with van der Waals surface area (Å²) in [7, 11) is 0. The smallest absolute Gasteiger partial charge is 0.227 e. The lowest BCUT2D eigenvalue weighted by Crippen LogP contribution is -2.54. The van der Waals surface area contributed by atoms with Crippen LogP contribution in [0.4, 0.5) is 0 Å². The molecule has 2 atom stereocenters. The van der Waals surface area contributed by atoms with E-state index in [1.54, 1.807) is 11.3 Å². The van der Waals surface area contributed by atoms with Crippen LogP contribution in [0.25, 0.3) is 10.2 Å². The van der Waals surface area contributed by atoms with Crippen molar-refractivity contribution in [3.05, 3.63) is 29.3 Å². The van der Waals surface area contributed by atoms with Crippen molar-refractivity contribution in [2.75, 3.05) is 13.1 Å². The number of amides is 1. The highest BCUT2D eigenvalue weighted by Crippen LogP contribution is 2.36. The number of carbonyl (C=O) groups is 1. The molecule has 0 bridgehead atoms. The predicted octanol–water partition coefficient (Wildman–Crippen LogP) is 3.91. The molecule has 1 aromatic carbocycles. The van der Waals surface area contributed by atoms with Gasteiger partial charge in [-0.3, -0.25) is 4.79 Å². The minimum absolute atomic E-state index is 0.000232. The fourth-order valence-corrected chi connectivity index (χ4v) is 5.53. The van der Waals surface area contributed by atoms with Gasteiger partial charge in [0.05, 0.1) is 21.1 Å². The van der Waals surface area contributed by atoms with E-state index in [2.05, 4.69) is 30.0 Å². The van der Waals surface area contributed by atoms with Gasteiger partial charge in [0.25, 0.3) is 0 Å². The normalized spacial score (nSPS) is 28.4. The summed E-state index contributed by atoms with van der Waals surface area (Å²) in [6.45, 7) is 3.74. The Morgan fingerprint density at radius 3 is 2.72 bits per heavy atom. The topological polar surface area (TPSA) is 59.2 Å². The lowest BCUT2D eigenvalue weighted by atomic mass is 9.73. The molecule has 134 valence electrons. The van der Waals surface area contributed by atoms with Crippen LogP contribution in [0.2, 0.25) is 0 Å². The predicted molar refractivity (Wildman–Crippen MR) is 103 cm³/mol. The fourth-order valence-electron chi connectivity index (χ4n) is 4.40. The van der Waals surface area contributed by atoms with Gasteiger partial charge in [-0.05, 0) is 44.7 Å². The van der Waals surface area contributed by atoms with Gasteiger partial charge in [-0.25, -0.2) is 4.98 Å². The third-order valence-electron chi connectivity index (χ3n) is 6.02. The summed E-state index contributed by atoms with van der Waals surface area (Å²) in [5, 5.41) is 1.23.